The second-order valence-electron chi connectivity index (χ2n) is 5.43. The number of aliphatic hydroxyl groups is 1. The van der Waals surface area contributed by atoms with Gasteiger partial charge in [0.15, 0.2) is 0 Å². The third-order valence-electron chi connectivity index (χ3n) is 3.30. The molecule has 0 aliphatic heterocycles. The van der Waals surface area contributed by atoms with Crippen molar-refractivity contribution in [2.75, 3.05) is 0 Å². The molecule has 0 saturated heterocycles. The number of rotatable bonds is 3. The van der Waals surface area contributed by atoms with E-state index in [1.807, 2.05) is 6.92 Å². The van der Waals surface area contributed by atoms with Crippen molar-refractivity contribution in [3.05, 3.63) is 17.5 Å². The van der Waals surface area contributed by atoms with Crippen LogP contribution in [0.4, 0.5) is 0 Å². The van der Waals surface area contributed by atoms with Gasteiger partial charge in [-0.05, 0) is 40.7 Å². The van der Waals surface area contributed by atoms with Crippen LogP contribution in [0.1, 0.15) is 43.9 Å². The van der Waals surface area contributed by atoms with Gasteiger partial charge in [0.2, 0.25) is 0 Å². The number of amides is 1. The highest BCUT2D eigenvalue weighted by molar-refractivity contribution is 5.92. The first-order chi connectivity index (χ1) is 7.54. The van der Waals surface area contributed by atoms with Crippen molar-refractivity contribution in [3.63, 3.8) is 0 Å². The quantitative estimate of drug-likeness (QED) is 0.827. The molecule has 0 radical (unpaired) electrons. The fraction of sp³-hybridized carbons (Fsp3) is 0.667. The van der Waals surface area contributed by atoms with Crippen molar-refractivity contribution in [1.29, 1.82) is 0 Å². The van der Waals surface area contributed by atoms with Crippen LogP contribution >= 0.6 is 0 Å². The molecule has 1 rings (SSSR count). The molecular formula is C12H21N3O2. The summed E-state index contributed by atoms with van der Waals surface area (Å²) in [7, 11) is 1.78. The van der Waals surface area contributed by atoms with Gasteiger partial charge >= 0.3 is 0 Å². The second kappa shape index (κ2) is 4.14. The molecule has 1 aromatic rings. The Kier molecular flexibility index (Phi) is 3.34. The molecule has 5 nitrogen and oxygen atoms in total. The Hall–Kier alpha value is -1.36. The van der Waals surface area contributed by atoms with E-state index in [4.69, 9.17) is 0 Å². The van der Waals surface area contributed by atoms with Crippen molar-refractivity contribution in [3.8, 4) is 0 Å². The fourth-order valence-corrected chi connectivity index (χ4v) is 1.17. The third kappa shape index (κ3) is 2.85. The lowest BCUT2D eigenvalue weighted by atomic mass is 9.86. The van der Waals surface area contributed by atoms with E-state index in [9.17, 15) is 9.90 Å². The summed E-state index contributed by atoms with van der Waals surface area (Å²) in [6, 6.07) is 1.72. The summed E-state index contributed by atoms with van der Waals surface area (Å²) in [5.41, 5.74) is -0.458. The van der Waals surface area contributed by atoms with Gasteiger partial charge in [-0.25, -0.2) is 0 Å². The van der Waals surface area contributed by atoms with Gasteiger partial charge in [0.25, 0.3) is 5.91 Å². The smallest absolute Gasteiger partial charge is 0.272 e. The zero-order chi connectivity index (χ0) is 13.4. The highest BCUT2D eigenvalue weighted by atomic mass is 16.3. The number of nitrogens with zero attached hydrogens (tertiary/aromatic N) is 2. The molecule has 0 aliphatic rings. The number of carbonyl (C=O) groups excluding carboxylic acids is 1. The maximum atomic E-state index is 12.0. The summed E-state index contributed by atoms with van der Waals surface area (Å²) in [5, 5.41) is 16.8. The molecule has 2 N–H and O–H groups in total. The lowest BCUT2D eigenvalue weighted by Gasteiger charge is -2.37. The Balaban J connectivity index is 2.87. The van der Waals surface area contributed by atoms with Crippen molar-refractivity contribution < 1.29 is 9.90 Å². The van der Waals surface area contributed by atoms with E-state index in [1.165, 1.54) is 0 Å². The highest BCUT2D eigenvalue weighted by Gasteiger charge is 2.36. The molecule has 96 valence electrons. The van der Waals surface area contributed by atoms with Gasteiger partial charge in [-0.1, -0.05) is 0 Å². The number of hydrogen-bond acceptors (Lipinski definition) is 3. The summed E-state index contributed by atoms with van der Waals surface area (Å²) < 4.78 is 1.64. The van der Waals surface area contributed by atoms with Gasteiger partial charge < -0.3 is 10.4 Å². The molecule has 0 atom stereocenters. The molecule has 0 aromatic carbocycles. The number of hydrogen-bond donors (Lipinski definition) is 2. The number of aromatic nitrogens is 2. The van der Waals surface area contributed by atoms with Crippen LogP contribution < -0.4 is 5.32 Å². The van der Waals surface area contributed by atoms with Crippen LogP contribution in [-0.4, -0.2) is 31.9 Å². The van der Waals surface area contributed by atoms with Crippen molar-refractivity contribution in [2.24, 2.45) is 7.05 Å². The average Bonchev–Trinajstić information content (AvgIpc) is 2.44. The normalized spacial score (nSPS) is 12.6. The summed E-state index contributed by atoms with van der Waals surface area (Å²) in [4.78, 5) is 12.0. The van der Waals surface area contributed by atoms with Crippen molar-refractivity contribution in [1.82, 2.24) is 15.1 Å². The number of carbonyl (C=O) groups is 1. The second-order valence-corrected chi connectivity index (χ2v) is 5.43. The molecular weight excluding hydrogens is 218 g/mol. The summed E-state index contributed by atoms with van der Waals surface area (Å²) in [6.45, 7) is 8.76. The summed E-state index contributed by atoms with van der Waals surface area (Å²) in [5.74, 6) is -0.277. The Labute approximate surface area is 102 Å². The van der Waals surface area contributed by atoms with Crippen LogP contribution in [0.15, 0.2) is 6.07 Å². The Morgan fingerprint density at radius 2 is 1.94 bits per heavy atom. The van der Waals surface area contributed by atoms with Crippen molar-refractivity contribution >= 4 is 5.91 Å². The fourth-order valence-electron chi connectivity index (χ4n) is 1.17. The Morgan fingerprint density at radius 1 is 1.41 bits per heavy atom. The topological polar surface area (TPSA) is 67.2 Å². The number of aryl methyl sites for hydroxylation is 2. The minimum atomic E-state index is -1.01. The standard InChI is InChI=1S/C12H21N3O2/c1-8-7-9(14-15(8)6)10(16)13-11(2,3)12(4,5)17/h7,17H,1-6H3,(H,13,16). The van der Waals surface area contributed by atoms with Crippen molar-refractivity contribution in [2.45, 2.75) is 45.8 Å². The van der Waals surface area contributed by atoms with Crippen LogP contribution in [0.2, 0.25) is 0 Å². The lowest BCUT2D eigenvalue weighted by molar-refractivity contribution is -0.00303. The molecule has 17 heavy (non-hydrogen) atoms. The molecule has 0 aliphatic carbocycles. The molecule has 1 amide bonds. The number of nitrogens with one attached hydrogen (secondary N) is 1. The summed E-state index contributed by atoms with van der Waals surface area (Å²) in [6.07, 6.45) is 0. The summed E-state index contributed by atoms with van der Waals surface area (Å²) >= 11 is 0. The minimum Gasteiger partial charge on any atom is -0.388 e. The first-order valence-corrected chi connectivity index (χ1v) is 5.60. The largest absolute Gasteiger partial charge is 0.388 e. The van der Waals surface area contributed by atoms with E-state index in [2.05, 4.69) is 10.4 Å². The Bertz CT molecular complexity index is 408. The first-order valence-electron chi connectivity index (χ1n) is 5.60. The molecule has 0 fully saturated rings. The average molecular weight is 239 g/mol. The van der Waals surface area contributed by atoms with Gasteiger partial charge in [-0.3, -0.25) is 9.48 Å². The molecule has 0 bridgehead atoms. The van der Waals surface area contributed by atoms with Gasteiger partial charge in [-0.2, -0.15) is 5.10 Å². The zero-order valence-electron chi connectivity index (χ0n) is 11.3. The van der Waals surface area contributed by atoms with E-state index in [-0.39, 0.29) is 5.91 Å². The Morgan fingerprint density at radius 3 is 2.29 bits per heavy atom. The van der Waals surface area contributed by atoms with Crippen LogP contribution in [0.3, 0.4) is 0 Å². The van der Waals surface area contributed by atoms with E-state index < -0.39 is 11.1 Å². The molecule has 0 unspecified atom stereocenters. The lowest BCUT2D eigenvalue weighted by Crippen LogP contribution is -2.57. The predicted octanol–water partition coefficient (Wildman–Crippen LogP) is 1.01. The van der Waals surface area contributed by atoms with Crippen LogP contribution in [-0.2, 0) is 7.05 Å². The molecule has 0 saturated carbocycles. The SMILES string of the molecule is Cc1cc(C(=O)NC(C)(C)C(C)(C)O)nn1C. The van der Waals surface area contributed by atoms with Crippen LogP contribution in [0.5, 0.6) is 0 Å². The third-order valence-corrected chi connectivity index (χ3v) is 3.30. The maximum absolute atomic E-state index is 12.0. The maximum Gasteiger partial charge on any atom is 0.272 e. The van der Waals surface area contributed by atoms with Gasteiger partial charge in [-0.15, -0.1) is 0 Å². The first kappa shape index (κ1) is 13.7. The predicted molar refractivity (Wildman–Crippen MR) is 65.8 cm³/mol. The molecule has 1 aromatic heterocycles. The monoisotopic (exact) mass is 239 g/mol. The van der Waals surface area contributed by atoms with Crippen LogP contribution in [0.25, 0.3) is 0 Å². The van der Waals surface area contributed by atoms with Gasteiger partial charge in [0.05, 0.1) is 11.1 Å². The van der Waals surface area contributed by atoms with Gasteiger partial charge in [0, 0.05) is 12.7 Å². The molecule has 1 heterocycles. The van der Waals surface area contributed by atoms with E-state index in [1.54, 1.807) is 45.5 Å². The van der Waals surface area contributed by atoms with Crippen LogP contribution in [0, 0.1) is 6.92 Å². The van der Waals surface area contributed by atoms with E-state index in [0.717, 1.165) is 5.69 Å². The van der Waals surface area contributed by atoms with E-state index >= 15 is 0 Å². The molecule has 0 spiro atoms. The van der Waals surface area contributed by atoms with E-state index in [0.29, 0.717) is 5.69 Å². The van der Waals surface area contributed by atoms with Gasteiger partial charge in [0.1, 0.15) is 5.69 Å². The zero-order valence-corrected chi connectivity index (χ0v) is 11.3. The highest BCUT2D eigenvalue weighted by Crippen LogP contribution is 2.20. The minimum absolute atomic E-state index is 0.277. The molecule has 5 heteroatoms.